The first-order chi connectivity index (χ1) is 14.6. The van der Waals surface area contributed by atoms with E-state index in [-0.39, 0.29) is 17.8 Å². The number of piperidine rings is 1. The third kappa shape index (κ3) is 3.26. The highest BCUT2D eigenvalue weighted by atomic mass is 19.1. The molecule has 2 unspecified atom stereocenters. The molecule has 1 aliphatic heterocycles. The van der Waals surface area contributed by atoms with Crippen LogP contribution in [-0.4, -0.2) is 38.6 Å². The van der Waals surface area contributed by atoms with Crippen molar-refractivity contribution in [2.45, 2.75) is 19.4 Å². The Labute approximate surface area is 172 Å². The van der Waals surface area contributed by atoms with Crippen LogP contribution in [-0.2, 0) is 0 Å². The number of likely N-dealkylation sites (tertiary alicyclic amines) is 1. The fraction of sp³-hybridized carbons (Fsp3) is 0.261. The summed E-state index contributed by atoms with van der Waals surface area (Å²) in [5, 5.41) is 4.82. The summed E-state index contributed by atoms with van der Waals surface area (Å²) >= 11 is 0. The molecule has 1 saturated heterocycles. The van der Waals surface area contributed by atoms with Crippen molar-refractivity contribution in [1.82, 2.24) is 19.6 Å². The first-order valence-electron chi connectivity index (χ1n) is 10.0. The Hall–Kier alpha value is -3.48. The van der Waals surface area contributed by atoms with Crippen molar-refractivity contribution in [3.63, 3.8) is 0 Å². The van der Waals surface area contributed by atoms with Crippen LogP contribution in [0.5, 0.6) is 0 Å². The molecular weight excluding hydrogens is 383 g/mol. The van der Waals surface area contributed by atoms with Crippen molar-refractivity contribution in [2.24, 2.45) is 5.92 Å². The smallest absolute Gasteiger partial charge is 0.253 e. The van der Waals surface area contributed by atoms with Crippen molar-refractivity contribution in [2.75, 3.05) is 13.1 Å². The number of hydrogen-bond acceptors (Lipinski definition) is 4. The lowest BCUT2D eigenvalue weighted by Gasteiger charge is -2.37. The predicted molar refractivity (Wildman–Crippen MR) is 110 cm³/mol. The Morgan fingerprint density at radius 2 is 2.03 bits per heavy atom. The largest absolute Gasteiger partial charge is 0.355 e. The fourth-order valence-corrected chi connectivity index (χ4v) is 4.15. The third-order valence-electron chi connectivity index (χ3n) is 5.94. The number of rotatable bonds is 3. The van der Waals surface area contributed by atoms with E-state index in [2.05, 4.69) is 21.6 Å². The number of carbonyl (C=O) groups excluding carboxylic acids is 1. The number of halogens is 1. The van der Waals surface area contributed by atoms with Crippen molar-refractivity contribution in [3.8, 4) is 11.3 Å². The molecule has 1 fully saturated rings. The zero-order valence-corrected chi connectivity index (χ0v) is 16.5. The molecule has 1 amide bonds. The van der Waals surface area contributed by atoms with Gasteiger partial charge in [-0.3, -0.25) is 4.79 Å². The van der Waals surface area contributed by atoms with Gasteiger partial charge < -0.3 is 14.0 Å². The first-order valence-corrected chi connectivity index (χ1v) is 10.0. The molecule has 7 heteroatoms. The number of carbonyl (C=O) groups is 1. The highest BCUT2D eigenvalue weighted by Crippen LogP contribution is 2.31. The zero-order valence-electron chi connectivity index (χ0n) is 16.5. The first kappa shape index (κ1) is 18.5. The number of fused-ring (bicyclic) bond motifs is 1. The summed E-state index contributed by atoms with van der Waals surface area (Å²) < 4.78 is 20.9. The summed E-state index contributed by atoms with van der Waals surface area (Å²) in [5.41, 5.74) is 1.97. The van der Waals surface area contributed by atoms with Crippen molar-refractivity contribution < 1.29 is 13.7 Å². The van der Waals surface area contributed by atoms with Gasteiger partial charge in [0.2, 0.25) is 0 Å². The molecule has 6 nitrogen and oxygen atoms in total. The van der Waals surface area contributed by atoms with Gasteiger partial charge in [0.15, 0.2) is 5.76 Å². The molecule has 2 aromatic carbocycles. The second kappa shape index (κ2) is 7.40. The molecular formula is C23H21FN4O2. The average Bonchev–Trinajstić information content (AvgIpc) is 3.44. The Kier molecular flexibility index (Phi) is 4.58. The summed E-state index contributed by atoms with van der Waals surface area (Å²) in [6.07, 6.45) is 6.47. The Balaban J connectivity index is 1.45. The highest BCUT2D eigenvalue weighted by Gasteiger charge is 2.30. The maximum Gasteiger partial charge on any atom is 0.253 e. The predicted octanol–water partition coefficient (Wildman–Crippen LogP) is 4.55. The van der Waals surface area contributed by atoms with E-state index in [0.29, 0.717) is 29.3 Å². The zero-order chi connectivity index (χ0) is 20.7. The van der Waals surface area contributed by atoms with Gasteiger partial charge in [-0.15, -0.1) is 0 Å². The van der Waals surface area contributed by atoms with E-state index in [1.54, 1.807) is 30.5 Å². The van der Waals surface area contributed by atoms with Crippen LogP contribution < -0.4 is 0 Å². The Morgan fingerprint density at radius 1 is 1.20 bits per heavy atom. The lowest BCUT2D eigenvalue weighted by atomic mass is 9.92. The van der Waals surface area contributed by atoms with Crippen LogP contribution in [0.15, 0.2) is 65.7 Å². The molecule has 2 atom stereocenters. The maximum atomic E-state index is 13.3. The lowest BCUT2D eigenvalue weighted by molar-refractivity contribution is 0.0621. The summed E-state index contributed by atoms with van der Waals surface area (Å²) in [4.78, 5) is 19.3. The van der Waals surface area contributed by atoms with E-state index >= 15 is 0 Å². The van der Waals surface area contributed by atoms with Crippen LogP contribution in [0.2, 0.25) is 0 Å². The molecule has 0 aliphatic carbocycles. The summed E-state index contributed by atoms with van der Waals surface area (Å²) in [6, 6.07) is 11.6. The van der Waals surface area contributed by atoms with Gasteiger partial charge in [0.25, 0.3) is 5.91 Å². The second-order valence-corrected chi connectivity index (χ2v) is 7.84. The summed E-state index contributed by atoms with van der Waals surface area (Å²) in [5.74, 6) is 0.669. The molecule has 152 valence electrons. The fourth-order valence-electron chi connectivity index (χ4n) is 4.15. The van der Waals surface area contributed by atoms with Crippen LogP contribution in [0.4, 0.5) is 4.39 Å². The topological polar surface area (TPSA) is 64.2 Å². The third-order valence-corrected chi connectivity index (χ3v) is 5.94. The van der Waals surface area contributed by atoms with Gasteiger partial charge in [0, 0.05) is 36.6 Å². The maximum absolute atomic E-state index is 13.3. The number of aromatic nitrogens is 3. The molecule has 0 saturated carbocycles. The molecule has 1 aliphatic rings. The normalized spacial score (nSPS) is 19.3. The number of amides is 1. The van der Waals surface area contributed by atoms with Crippen molar-refractivity contribution >= 4 is 16.8 Å². The van der Waals surface area contributed by atoms with Crippen LogP contribution >= 0.6 is 0 Å². The molecule has 3 heterocycles. The van der Waals surface area contributed by atoms with E-state index in [1.165, 1.54) is 12.1 Å². The molecule has 0 bridgehead atoms. The van der Waals surface area contributed by atoms with Crippen LogP contribution in [0, 0.1) is 11.7 Å². The number of nitrogens with zero attached hydrogens (tertiary/aromatic N) is 4. The number of benzene rings is 2. The molecule has 4 aromatic rings. The number of imidazole rings is 1. The molecule has 30 heavy (non-hydrogen) atoms. The van der Waals surface area contributed by atoms with Crippen LogP contribution in [0.25, 0.3) is 22.2 Å². The minimum Gasteiger partial charge on any atom is -0.355 e. The SMILES string of the molecule is CC1CCN(C(=O)c2ccc3noc(-c4ccc(F)cc4)c3c2)CC1n1ccnc1. The molecule has 5 rings (SSSR count). The lowest BCUT2D eigenvalue weighted by Crippen LogP contribution is -2.43. The standard InChI is InChI=1S/C23H21FN4O2/c1-15-8-10-27(13-21(15)28-11-9-25-14-28)23(29)17-4-7-20-19(12-17)22(30-26-20)16-2-5-18(24)6-3-16/h2-7,9,11-12,14-15,21H,8,10,13H2,1H3. The molecule has 2 aromatic heterocycles. The molecule has 0 radical (unpaired) electrons. The van der Waals surface area contributed by atoms with E-state index in [1.807, 2.05) is 23.5 Å². The van der Waals surface area contributed by atoms with Crippen LogP contribution in [0.3, 0.4) is 0 Å². The Morgan fingerprint density at radius 3 is 2.80 bits per heavy atom. The van der Waals surface area contributed by atoms with Gasteiger partial charge in [-0.1, -0.05) is 12.1 Å². The minimum absolute atomic E-state index is 0.0137. The second-order valence-electron chi connectivity index (χ2n) is 7.84. The van der Waals surface area contributed by atoms with Gasteiger partial charge in [-0.05, 0) is 54.8 Å². The van der Waals surface area contributed by atoms with Crippen molar-refractivity contribution in [3.05, 3.63) is 72.6 Å². The molecule has 0 spiro atoms. The summed E-state index contributed by atoms with van der Waals surface area (Å²) in [7, 11) is 0. The van der Waals surface area contributed by atoms with Crippen LogP contribution in [0.1, 0.15) is 29.7 Å². The quantitative estimate of drug-likeness (QED) is 0.502. The average molecular weight is 404 g/mol. The van der Waals surface area contributed by atoms with E-state index < -0.39 is 0 Å². The number of hydrogen-bond donors (Lipinski definition) is 0. The summed E-state index contributed by atoms with van der Waals surface area (Å²) in [6.45, 7) is 3.57. The van der Waals surface area contributed by atoms with E-state index in [0.717, 1.165) is 23.9 Å². The Bertz CT molecular complexity index is 1180. The van der Waals surface area contributed by atoms with Gasteiger partial charge in [0.05, 0.1) is 17.8 Å². The van der Waals surface area contributed by atoms with E-state index in [9.17, 15) is 9.18 Å². The monoisotopic (exact) mass is 404 g/mol. The van der Waals surface area contributed by atoms with Gasteiger partial charge in [-0.2, -0.15) is 0 Å². The molecule has 0 N–H and O–H groups in total. The minimum atomic E-state index is -0.315. The van der Waals surface area contributed by atoms with Gasteiger partial charge in [0.1, 0.15) is 11.3 Å². The highest BCUT2D eigenvalue weighted by molar-refractivity contribution is 6.01. The van der Waals surface area contributed by atoms with Gasteiger partial charge in [-0.25, -0.2) is 9.37 Å². The van der Waals surface area contributed by atoms with Crippen molar-refractivity contribution in [1.29, 1.82) is 0 Å². The van der Waals surface area contributed by atoms with Gasteiger partial charge >= 0.3 is 0 Å². The van der Waals surface area contributed by atoms with E-state index in [4.69, 9.17) is 4.52 Å².